The van der Waals surface area contributed by atoms with Crippen LogP contribution >= 0.6 is 11.3 Å². The summed E-state index contributed by atoms with van der Waals surface area (Å²) in [5, 5.41) is 3.60. The first kappa shape index (κ1) is 16.7. The number of hydrogen-bond donors (Lipinski definition) is 1. The van der Waals surface area contributed by atoms with Gasteiger partial charge in [-0.05, 0) is 46.0 Å². The van der Waals surface area contributed by atoms with Crippen LogP contribution in [0.3, 0.4) is 0 Å². The number of aryl methyl sites for hydroxylation is 2. The van der Waals surface area contributed by atoms with Gasteiger partial charge in [-0.25, -0.2) is 9.78 Å². The third-order valence-corrected chi connectivity index (χ3v) is 4.63. The lowest BCUT2D eigenvalue weighted by Crippen LogP contribution is -2.29. The minimum Gasteiger partial charge on any atom is -0.451 e. The van der Waals surface area contributed by atoms with Gasteiger partial charge in [-0.2, -0.15) is 0 Å². The number of ether oxygens (including phenoxy) is 1. The molecule has 1 aromatic rings. The van der Waals surface area contributed by atoms with Gasteiger partial charge in [0.05, 0.1) is 10.7 Å². The van der Waals surface area contributed by atoms with Crippen LogP contribution in [0.15, 0.2) is 11.6 Å². The minimum absolute atomic E-state index is 0.242. The van der Waals surface area contributed by atoms with Gasteiger partial charge in [0.1, 0.15) is 4.88 Å². The van der Waals surface area contributed by atoms with Crippen molar-refractivity contribution in [2.24, 2.45) is 0 Å². The highest BCUT2D eigenvalue weighted by Crippen LogP contribution is 2.19. The summed E-state index contributed by atoms with van der Waals surface area (Å²) >= 11 is 1.29. The number of amides is 1. The van der Waals surface area contributed by atoms with Crippen LogP contribution in [0.25, 0.3) is 0 Å². The number of thiazole rings is 1. The van der Waals surface area contributed by atoms with Gasteiger partial charge in [0, 0.05) is 6.54 Å². The molecule has 22 heavy (non-hydrogen) atoms. The zero-order valence-corrected chi connectivity index (χ0v) is 13.9. The summed E-state index contributed by atoms with van der Waals surface area (Å²) in [5.41, 5.74) is 2.07. The molecule has 0 aliphatic heterocycles. The molecule has 120 valence electrons. The quantitative estimate of drug-likeness (QED) is 0.646. The Balaban J connectivity index is 1.68. The van der Waals surface area contributed by atoms with Crippen LogP contribution in [-0.2, 0) is 9.53 Å². The Kier molecular flexibility index (Phi) is 6.12. The molecule has 1 N–H and O–H groups in total. The van der Waals surface area contributed by atoms with E-state index in [0.717, 1.165) is 24.3 Å². The normalized spacial score (nSPS) is 14.4. The monoisotopic (exact) mass is 322 g/mol. The standard InChI is InChI=1S/C16H22N2O3S/c1-11-15(22-12(2)18-11)16(20)21-10-14(19)17-9-8-13-6-4-3-5-7-13/h6H,3-5,7-10H2,1-2H3,(H,17,19). The first-order valence-electron chi connectivity index (χ1n) is 7.62. The fourth-order valence-corrected chi connectivity index (χ4v) is 3.28. The zero-order valence-electron chi connectivity index (χ0n) is 13.1. The third kappa shape index (κ3) is 4.94. The fraction of sp³-hybridized carbons (Fsp3) is 0.562. The van der Waals surface area contributed by atoms with Crippen LogP contribution < -0.4 is 5.32 Å². The Hall–Kier alpha value is -1.69. The van der Waals surface area contributed by atoms with Crippen LogP contribution in [0.2, 0.25) is 0 Å². The number of carbonyl (C=O) groups excluding carboxylic acids is 2. The maximum Gasteiger partial charge on any atom is 0.350 e. The summed E-state index contributed by atoms with van der Waals surface area (Å²) in [6.45, 7) is 3.95. The molecule has 0 unspecified atom stereocenters. The highest BCUT2D eigenvalue weighted by molar-refractivity contribution is 7.13. The molecule has 0 radical (unpaired) electrons. The van der Waals surface area contributed by atoms with Gasteiger partial charge in [-0.15, -0.1) is 11.3 Å². The number of aromatic nitrogens is 1. The topological polar surface area (TPSA) is 68.3 Å². The molecule has 0 fully saturated rings. The van der Waals surface area contributed by atoms with Crippen molar-refractivity contribution >= 4 is 23.2 Å². The molecule has 0 atom stereocenters. The van der Waals surface area contributed by atoms with Gasteiger partial charge in [0.25, 0.3) is 5.91 Å². The zero-order chi connectivity index (χ0) is 15.9. The lowest BCUT2D eigenvalue weighted by molar-refractivity contribution is -0.124. The van der Waals surface area contributed by atoms with Crippen molar-refractivity contribution in [1.29, 1.82) is 0 Å². The molecule has 1 heterocycles. The second kappa shape index (κ2) is 8.08. The van der Waals surface area contributed by atoms with E-state index in [4.69, 9.17) is 4.74 Å². The summed E-state index contributed by atoms with van der Waals surface area (Å²) in [6, 6.07) is 0. The Morgan fingerprint density at radius 2 is 2.18 bits per heavy atom. The summed E-state index contributed by atoms with van der Waals surface area (Å²) < 4.78 is 5.03. The van der Waals surface area contributed by atoms with Crippen LogP contribution in [-0.4, -0.2) is 30.0 Å². The maximum atomic E-state index is 11.9. The van der Waals surface area contributed by atoms with E-state index in [1.807, 2.05) is 6.92 Å². The lowest BCUT2D eigenvalue weighted by Gasteiger charge is -2.12. The largest absolute Gasteiger partial charge is 0.451 e. The molecule has 1 aromatic heterocycles. The molecule has 0 saturated heterocycles. The van der Waals surface area contributed by atoms with Crippen LogP contribution in [0.5, 0.6) is 0 Å². The highest BCUT2D eigenvalue weighted by Gasteiger charge is 2.16. The number of carbonyl (C=O) groups is 2. The minimum atomic E-state index is -0.478. The number of nitrogens with zero attached hydrogens (tertiary/aromatic N) is 1. The molecule has 1 amide bonds. The van der Waals surface area contributed by atoms with Crippen molar-refractivity contribution in [1.82, 2.24) is 10.3 Å². The number of esters is 1. The van der Waals surface area contributed by atoms with E-state index in [0.29, 0.717) is 17.1 Å². The Morgan fingerprint density at radius 1 is 1.36 bits per heavy atom. The van der Waals surface area contributed by atoms with E-state index in [1.54, 1.807) is 6.92 Å². The average molecular weight is 322 g/mol. The van der Waals surface area contributed by atoms with Gasteiger partial charge >= 0.3 is 5.97 Å². The molecule has 6 heteroatoms. The van der Waals surface area contributed by atoms with Gasteiger partial charge in [-0.1, -0.05) is 11.6 Å². The number of rotatable bonds is 6. The molecule has 0 aromatic carbocycles. The second-order valence-corrected chi connectivity index (χ2v) is 6.63. The molecule has 2 rings (SSSR count). The van der Waals surface area contributed by atoms with Crippen molar-refractivity contribution in [3.63, 3.8) is 0 Å². The van der Waals surface area contributed by atoms with Crippen molar-refractivity contribution in [3.8, 4) is 0 Å². The van der Waals surface area contributed by atoms with Crippen molar-refractivity contribution in [2.45, 2.75) is 46.0 Å². The van der Waals surface area contributed by atoms with E-state index in [9.17, 15) is 9.59 Å². The van der Waals surface area contributed by atoms with Crippen molar-refractivity contribution in [2.75, 3.05) is 13.2 Å². The van der Waals surface area contributed by atoms with Gasteiger partial charge < -0.3 is 10.1 Å². The summed E-state index contributed by atoms with van der Waals surface area (Å²) in [7, 11) is 0. The predicted molar refractivity (Wildman–Crippen MR) is 86.0 cm³/mol. The van der Waals surface area contributed by atoms with Gasteiger partial charge in [0.15, 0.2) is 6.61 Å². The van der Waals surface area contributed by atoms with Crippen LogP contribution in [0, 0.1) is 13.8 Å². The van der Waals surface area contributed by atoms with Crippen LogP contribution in [0.1, 0.15) is 52.5 Å². The average Bonchev–Trinajstić information content (AvgIpc) is 2.84. The molecule has 0 spiro atoms. The summed E-state index contributed by atoms with van der Waals surface area (Å²) in [4.78, 5) is 28.2. The fourth-order valence-electron chi connectivity index (χ4n) is 2.46. The number of allylic oxidation sites excluding steroid dienone is 1. The molecule has 1 aliphatic rings. The van der Waals surface area contributed by atoms with Crippen LogP contribution in [0.4, 0.5) is 0 Å². The predicted octanol–water partition coefficient (Wildman–Crippen LogP) is 2.92. The lowest BCUT2D eigenvalue weighted by atomic mass is 9.97. The highest BCUT2D eigenvalue weighted by atomic mass is 32.1. The Labute approximate surface area is 134 Å². The first-order valence-corrected chi connectivity index (χ1v) is 8.43. The summed E-state index contributed by atoms with van der Waals surface area (Å²) in [6.07, 6.45) is 7.94. The SMILES string of the molecule is Cc1nc(C)c(C(=O)OCC(=O)NCCC2=CCCCC2)s1. The van der Waals surface area contributed by atoms with Crippen molar-refractivity contribution < 1.29 is 14.3 Å². The molecular weight excluding hydrogens is 300 g/mol. The second-order valence-electron chi connectivity index (χ2n) is 5.43. The van der Waals surface area contributed by atoms with E-state index in [-0.39, 0.29) is 12.5 Å². The van der Waals surface area contributed by atoms with E-state index in [1.165, 1.54) is 29.8 Å². The molecule has 0 bridgehead atoms. The number of nitrogens with one attached hydrogen (secondary N) is 1. The van der Waals surface area contributed by atoms with Gasteiger partial charge in [-0.3, -0.25) is 4.79 Å². The maximum absolute atomic E-state index is 11.9. The van der Waals surface area contributed by atoms with E-state index in [2.05, 4.69) is 16.4 Å². The van der Waals surface area contributed by atoms with E-state index < -0.39 is 5.97 Å². The third-order valence-electron chi connectivity index (χ3n) is 3.58. The smallest absolute Gasteiger partial charge is 0.350 e. The molecule has 0 saturated carbocycles. The molecule has 5 nitrogen and oxygen atoms in total. The Morgan fingerprint density at radius 3 is 2.82 bits per heavy atom. The van der Waals surface area contributed by atoms with E-state index >= 15 is 0 Å². The number of hydrogen-bond acceptors (Lipinski definition) is 5. The summed E-state index contributed by atoms with van der Waals surface area (Å²) in [5.74, 6) is -0.739. The first-order chi connectivity index (χ1) is 10.6. The van der Waals surface area contributed by atoms with Crippen molar-refractivity contribution in [3.05, 3.63) is 27.2 Å². The Bertz CT molecular complexity index is 578. The molecule has 1 aliphatic carbocycles. The van der Waals surface area contributed by atoms with Gasteiger partial charge in [0.2, 0.25) is 0 Å². The molecular formula is C16H22N2O3S.